The van der Waals surface area contributed by atoms with Crippen LogP contribution in [-0.4, -0.2) is 23.3 Å². The van der Waals surface area contributed by atoms with Crippen LogP contribution in [0.15, 0.2) is 5.03 Å². The molecule has 0 aliphatic rings. The van der Waals surface area contributed by atoms with Crippen molar-refractivity contribution in [2.45, 2.75) is 18.4 Å². The minimum atomic E-state index is 0.456. The van der Waals surface area contributed by atoms with E-state index in [9.17, 15) is 0 Å². The summed E-state index contributed by atoms with van der Waals surface area (Å²) in [7, 11) is 1.55. The molecule has 0 aliphatic carbocycles. The summed E-state index contributed by atoms with van der Waals surface area (Å²) in [5.41, 5.74) is 0. The molecule has 0 radical (unpaired) electrons. The van der Waals surface area contributed by atoms with Crippen LogP contribution in [-0.2, 0) is 6.42 Å². The summed E-state index contributed by atoms with van der Waals surface area (Å²) < 4.78 is 5.03. The lowest BCUT2D eigenvalue weighted by Crippen LogP contribution is -1.99. The first-order valence-electron chi connectivity index (χ1n) is 3.87. The third kappa shape index (κ3) is 2.25. The first-order chi connectivity index (χ1) is 6.22. The lowest BCUT2D eigenvalue weighted by Gasteiger charge is -2.06. The summed E-state index contributed by atoms with van der Waals surface area (Å²) in [6, 6.07) is 0. The van der Waals surface area contributed by atoms with E-state index in [1.54, 1.807) is 7.11 Å². The molecule has 0 amide bonds. The Labute approximate surface area is 86.9 Å². The summed E-state index contributed by atoms with van der Waals surface area (Å²) >= 11 is 7.46. The third-order valence-corrected chi connectivity index (χ3v) is 2.67. The van der Waals surface area contributed by atoms with E-state index in [2.05, 4.69) is 9.97 Å². The van der Waals surface area contributed by atoms with Crippen LogP contribution in [0.3, 0.4) is 0 Å². The number of methoxy groups -OCH3 is 1. The quantitative estimate of drug-likeness (QED) is 0.577. The second-order valence-corrected chi connectivity index (χ2v) is 3.50. The minimum absolute atomic E-state index is 0.456. The molecule has 3 nitrogen and oxygen atoms in total. The molecule has 0 spiro atoms. The van der Waals surface area contributed by atoms with Gasteiger partial charge in [-0.3, -0.25) is 0 Å². The van der Waals surface area contributed by atoms with Gasteiger partial charge in [-0.15, -0.1) is 11.8 Å². The first-order valence-corrected chi connectivity index (χ1v) is 5.47. The molecular formula is C8H11ClN2OS. The Morgan fingerprint density at radius 2 is 2.15 bits per heavy atom. The van der Waals surface area contributed by atoms with Gasteiger partial charge in [0, 0.05) is 6.42 Å². The van der Waals surface area contributed by atoms with Crippen LogP contribution < -0.4 is 4.74 Å². The van der Waals surface area contributed by atoms with Crippen LogP contribution >= 0.6 is 23.4 Å². The Bertz CT molecular complexity index is 281. The first kappa shape index (κ1) is 10.6. The highest BCUT2D eigenvalue weighted by Gasteiger charge is 2.11. The van der Waals surface area contributed by atoms with E-state index in [0.29, 0.717) is 10.9 Å². The van der Waals surface area contributed by atoms with E-state index in [4.69, 9.17) is 16.3 Å². The summed E-state index contributed by atoms with van der Waals surface area (Å²) in [5, 5.41) is 1.26. The van der Waals surface area contributed by atoms with Gasteiger partial charge in [0.1, 0.15) is 15.9 Å². The number of rotatable bonds is 3. The van der Waals surface area contributed by atoms with E-state index in [1.807, 2.05) is 13.2 Å². The van der Waals surface area contributed by atoms with Crippen molar-refractivity contribution >= 4 is 23.4 Å². The van der Waals surface area contributed by atoms with Gasteiger partial charge in [0.25, 0.3) is 0 Å². The van der Waals surface area contributed by atoms with Crippen molar-refractivity contribution < 1.29 is 4.74 Å². The van der Waals surface area contributed by atoms with Gasteiger partial charge in [-0.05, 0) is 6.26 Å². The van der Waals surface area contributed by atoms with Gasteiger partial charge in [-0.25, -0.2) is 4.98 Å². The number of halogens is 1. The standard InChI is InChI=1S/C8H11ClN2OS/c1-4-5-10-7(12-2)6(9)8(11-5)13-3/h4H2,1-3H3. The highest BCUT2D eigenvalue weighted by Crippen LogP contribution is 2.30. The van der Waals surface area contributed by atoms with Crippen molar-refractivity contribution in [3.8, 4) is 5.88 Å². The zero-order valence-electron chi connectivity index (χ0n) is 7.80. The largest absolute Gasteiger partial charge is 0.480 e. The molecule has 0 saturated carbocycles. The highest BCUT2D eigenvalue weighted by atomic mass is 35.5. The maximum atomic E-state index is 5.97. The van der Waals surface area contributed by atoms with Crippen LogP contribution in [0.5, 0.6) is 5.88 Å². The molecule has 0 aromatic carbocycles. The summed E-state index contributed by atoms with van der Waals surface area (Å²) in [6.45, 7) is 1.99. The molecule has 0 atom stereocenters. The Morgan fingerprint density at radius 3 is 2.62 bits per heavy atom. The predicted molar refractivity (Wildman–Crippen MR) is 54.8 cm³/mol. The van der Waals surface area contributed by atoms with Crippen molar-refractivity contribution in [3.63, 3.8) is 0 Å². The fourth-order valence-electron chi connectivity index (χ4n) is 0.878. The average molecular weight is 219 g/mol. The molecule has 0 N–H and O–H groups in total. The molecule has 1 rings (SSSR count). The van der Waals surface area contributed by atoms with Crippen molar-refractivity contribution in [3.05, 3.63) is 10.8 Å². The molecule has 0 aliphatic heterocycles. The Balaban J connectivity index is 3.20. The average Bonchev–Trinajstić information content (AvgIpc) is 2.18. The summed E-state index contributed by atoms with van der Waals surface area (Å²) in [6.07, 6.45) is 2.70. The fourth-order valence-corrected chi connectivity index (χ4v) is 1.73. The van der Waals surface area contributed by atoms with Crippen LogP contribution in [0.25, 0.3) is 0 Å². The molecule has 0 saturated heterocycles. The number of hydrogen-bond acceptors (Lipinski definition) is 4. The maximum Gasteiger partial charge on any atom is 0.236 e. The van der Waals surface area contributed by atoms with E-state index in [0.717, 1.165) is 17.3 Å². The van der Waals surface area contributed by atoms with Gasteiger partial charge < -0.3 is 4.74 Å². The molecule has 0 bridgehead atoms. The third-order valence-electron chi connectivity index (χ3n) is 1.54. The van der Waals surface area contributed by atoms with E-state index in [-0.39, 0.29) is 0 Å². The number of aromatic nitrogens is 2. The second kappa shape index (κ2) is 4.67. The van der Waals surface area contributed by atoms with Crippen LogP contribution in [0.4, 0.5) is 0 Å². The van der Waals surface area contributed by atoms with Gasteiger partial charge in [0.05, 0.1) is 7.11 Å². The molecule has 5 heteroatoms. The molecule has 1 aromatic heterocycles. The molecule has 72 valence electrons. The Hall–Kier alpha value is -0.480. The molecular weight excluding hydrogens is 208 g/mol. The van der Waals surface area contributed by atoms with E-state index in [1.165, 1.54) is 11.8 Å². The molecule has 0 fully saturated rings. The molecule has 13 heavy (non-hydrogen) atoms. The van der Waals surface area contributed by atoms with Gasteiger partial charge in [-0.2, -0.15) is 4.98 Å². The normalized spacial score (nSPS) is 10.2. The summed E-state index contributed by atoms with van der Waals surface area (Å²) in [5.74, 6) is 1.21. The zero-order valence-corrected chi connectivity index (χ0v) is 9.37. The highest BCUT2D eigenvalue weighted by molar-refractivity contribution is 7.98. The van der Waals surface area contributed by atoms with Crippen molar-refractivity contribution in [1.82, 2.24) is 9.97 Å². The minimum Gasteiger partial charge on any atom is -0.480 e. The Morgan fingerprint density at radius 1 is 1.46 bits per heavy atom. The number of aryl methyl sites for hydroxylation is 1. The van der Waals surface area contributed by atoms with Crippen molar-refractivity contribution in [2.24, 2.45) is 0 Å². The number of hydrogen-bond donors (Lipinski definition) is 0. The van der Waals surface area contributed by atoms with Gasteiger partial charge >= 0.3 is 0 Å². The fraction of sp³-hybridized carbons (Fsp3) is 0.500. The van der Waals surface area contributed by atoms with Gasteiger partial charge in [0.2, 0.25) is 5.88 Å². The zero-order chi connectivity index (χ0) is 9.84. The van der Waals surface area contributed by atoms with Crippen molar-refractivity contribution in [1.29, 1.82) is 0 Å². The van der Waals surface area contributed by atoms with Gasteiger partial charge in [-0.1, -0.05) is 18.5 Å². The number of ether oxygens (including phenoxy) is 1. The Kier molecular flexibility index (Phi) is 3.81. The van der Waals surface area contributed by atoms with Gasteiger partial charge in [0.15, 0.2) is 0 Å². The molecule has 1 aromatic rings. The lowest BCUT2D eigenvalue weighted by atomic mass is 10.4. The molecule has 1 heterocycles. The van der Waals surface area contributed by atoms with Crippen LogP contribution in [0.2, 0.25) is 5.02 Å². The summed E-state index contributed by atoms with van der Waals surface area (Å²) in [4.78, 5) is 8.40. The SMILES string of the molecule is CCc1nc(OC)c(Cl)c(SC)n1. The second-order valence-electron chi connectivity index (χ2n) is 2.33. The lowest BCUT2D eigenvalue weighted by molar-refractivity contribution is 0.393. The van der Waals surface area contributed by atoms with Crippen LogP contribution in [0.1, 0.15) is 12.7 Å². The monoisotopic (exact) mass is 218 g/mol. The van der Waals surface area contributed by atoms with E-state index >= 15 is 0 Å². The van der Waals surface area contributed by atoms with Crippen LogP contribution in [0, 0.1) is 0 Å². The van der Waals surface area contributed by atoms with E-state index < -0.39 is 0 Å². The number of nitrogens with zero attached hydrogens (tertiary/aromatic N) is 2. The molecule has 0 unspecified atom stereocenters. The topological polar surface area (TPSA) is 35.0 Å². The van der Waals surface area contributed by atoms with Crippen molar-refractivity contribution in [2.75, 3.05) is 13.4 Å². The number of thioether (sulfide) groups is 1. The smallest absolute Gasteiger partial charge is 0.236 e. The predicted octanol–water partition coefficient (Wildman–Crippen LogP) is 2.42. The maximum absolute atomic E-state index is 5.97.